The molecule has 1 aliphatic heterocycles. The van der Waals surface area contributed by atoms with E-state index in [2.05, 4.69) is 23.0 Å². The zero-order chi connectivity index (χ0) is 16.6. The molecule has 23 heavy (non-hydrogen) atoms. The number of methoxy groups -OCH3 is 1. The quantitative estimate of drug-likeness (QED) is 0.541. The third-order valence-electron chi connectivity index (χ3n) is 3.60. The first-order valence-corrected chi connectivity index (χ1v) is 8.89. The molecule has 4 unspecified atom stereocenters. The third kappa shape index (κ3) is 2.91. The van der Waals surface area contributed by atoms with Crippen molar-refractivity contribution >= 4 is 35.3 Å². The fourth-order valence-electron chi connectivity index (χ4n) is 2.60. The summed E-state index contributed by atoms with van der Waals surface area (Å²) >= 11 is 0. The van der Waals surface area contributed by atoms with E-state index in [-0.39, 0.29) is 12.4 Å². The Labute approximate surface area is 135 Å². The summed E-state index contributed by atoms with van der Waals surface area (Å²) in [5.41, 5.74) is 6.66. The summed E-state index contributed by atoms with van der Waals surface area (Å²) in [4.78, 5) is 12.2. The van der Waals surface area contributed by atoms with Crippen molar-refractivity contribution < 1.29 is 23.0 Å². The number of rotatable bonds is 5. The highest BCUT2D eigenvalue weighted by atomic mass is 32.5. The monoisotopic (exact) mass is 360 g/mol. The Morgan fingerprint density at radius 1 is 1.48 bits per heavy atom. The van der Waals surface area contributed by atoms with Gasteiger partial charge in [-0.2, -0.15) is 0 Å². The SMILES string of the molecule is COC1C(O[S-](=O)=P)C(CO)OC1n1cnc2c(N)ncnc21. The van der Waals surface area contributed by atoms with Crippen LogP contribution in [-0.4, -0.2) is 56.7 Å². The molecule has 10 nitrogen and oxygen atoms in total. The number of ether oxygens (including phenoxy) is 2. The topological polar surface area (TPSA) is 135 Å². The molecule has 2 aromatic heterocycles. The van der Waals surface area contributed by atoms with Crippen molar-refractivity contribution in [2.45, 2.75) is 24.5 Å². The lowest BCUT2D eigenvalue weighted by molar-refractivity contribution is -0.0583. The van der Waals surface area contributed by atoms with E-state index in [1.165, 1.54) is 19.8 Å². The molecular formula is C11H15N5O5PS-. The molecule has 4 atom stereocenters. The normalized spacial score (nSPS) is 28.0. The Morgan fingerprint density at radius 2 is 2.26 bits per heavy atom. The second-order valence-corrected chi connectivity index (χ2v) is 6.49. The summed E-state index contributed by atoms with van der Waals surface area (Å²) in [6.45, 7) is -0.325. The van der Waals surface area contributed by atoms with Gasteiger partial charge in [0.15, 0.2) is 17.7 Å². The standard InChI is InChI=1S/C11H15N5O5PS/c1-19-8-7(21-23(18)22)5(2-17)20-11(8)16-4-15-6-9(12)13-3-14-10(6)16/h3-5,7-8,11,17,22H,2H2,1H3,(H2,12,13,14)/q-1. The molecule has 0 saturated carbocycles. The Morgan fingerprint density at radius 3 is 2.91 bits per heavy atom. The molecule has 0 radical (unpaired) electrons. The number of imidazole rings is 1. The van der Waals surface area contributed by atoms with Crippen molar-refractivity contribution in [2.24, 2.45) is 0 Å². The zero-order valence-corrected chi connectivity index (χ0v) is 13.8. The predicted octanol–water partition coefficient (Wildman–Crippen LogP) is -0.365. The molecule has 126 valence electrons. The lowest BCUT2D eigenvalue weighted by Gasteiger charge is -2.25. The number of hydrogen-bond donors (Lipinski definition) is 2. The van der Waals surface area contributed by atoms with Gasteiger partial charge < -0.3 is 28.7 Å². The molecule has 3 heterocycles. The summed E-state index contributed by atoms with van der Waals surface area (Å²) in [7, 11) is 2.61. The average molecular weight is 360 g/mol. The van der Waals surface area contributed by atoms with Crippen LogP contribution in [-0.2, 0) is 28.1 Å². The second kappa shape index (κ2) is 6.63. The molecule has 3 N–H and O–H groups in total. The molecule has 12 heteroatoms. The van der Waals surface area contributed by atoms with E-state index in [1.807, 2.05) is 0 Å². The van der Waals surface area contributed by atoms with Crippen molar-refractivity contribution in [1.29, 1.82) is 0 Å². The highest BCUT2D eigenvalue weighted by Gasteiger charge is 2.46. The van der Waals surface area contributed by atoms with E-state index in [4.69, 9.17) is 19.4 Å². The highest BCUT2D eigenvalue weighted by Crippen LogP contribution is 2.35. The smallest absolute Gasteiger partial charge is 0.167 e. The Bertz CT molecular complexity index is 775. The third-order valence-corrected chi connectivity index (χ3v) is 4.28. The van der Waals surface area contributed by atoms with Gasteiger partial charge >= 0.3 is 0 Å². The fraction of sp³-hybridized carbons (Fsp3) is 0.545. The van der Waals surface area contributed by atoms with Gasteiger partial charge in [-0.25, -0.2) is 23.0 Å². The second-order valence-electron chi connectivity index (χ2n) is 4.83. The molecule has 0 aromatic carbocycles. The van der Waals surface area contributed by atoms with Gasteiger partial charge in [0.25, 0.3) is 0 Å². The van der Waals surface area contributed by atoms with Crippen LogP contribution >= 0.6 is 8.02 Å². The Hall–Kier alpha value is -1.36. The van der Waals surface area contributed by atoms with E-state index in [9.17, 15) is 9.32 Å². The number of aliphatic hydroxyl groups is 1. The van der Waals surface area contributed by atoms with Gasteiger partial charge in [-0.15, -0.1) is 10.3 Å². The number of hydrogen-bond acceptors (Lipinski definition) is 10. The van der Waals surface area contributed by atoms with Gasteiger partial charge in [-0.05, 0) is 0 Å². The van der Waals surface area contributed by atoms with Crippen LogP contribution in [0.15, 0.2) is 12.7 Å². The largest absolute Gasteiger partial charge is 0.441 e. The maximum Gasteiger partial charge on any atom is 0.167 e. The van der Waals surface area contributed by atoms with Crippen LogP contribution < -0.4 is 5.73 Å². The maximum atomic E-state index is 11.3. The van der Waals surface area contributed by atoms with Crippen LogP contribution in [0.25, 0.3) is 11.2 Å². The van der Waals surface area contributed by atoms with Gasteiger partial charge in [0.1, 0.15) is 24.1 Å². The van der Waals surface area contributed by atoms with Crippen molar-refractivity contribution in [2.75, 3.05) is 19.5 Å². The Balaban J connectivity index is 2.02. The number of fused-ring (bicyclic) bond motifs is 1. The minimum Gasteiger partial charge on any atom is -0.441 e. The van der Waals surface area contributed by atoms with Crippen LogP contribution in [0.3, 0.4) is 0 Å². The highest BCUT2D eigenvalue weighted by molar-refractivity contribution is 8.03. The average Bonchev–Trinajstić information content (AvgIpc) is 3.08. The molecule has 2 aromatic rings. The molecule has 0 aliphatic carbocycles. The summed E-state index contributed by atoms with van der Waals surface area (Å²) in [5, 5.41) is 9.49. The van der Waals surface area contributed by atoms with Crippen LogP contribution in [0, 0.1) is 0 Å². The predicted molar refractivity (Wildman–Crippen MR) is 82.8 cm³/mol. The molecule has 1 fully saturated rings. The zero-order valence-electron chi connectivity index (χ0n) is 12.0. The van der Waals surface area contributed by atoms with Crippen molar-refractivity contribution in [1.82, 2.24) is 19.5 Å². The summed E-state index contributed by atoms with van der Waals surface area (Å²) in [6.07, 6.45) is 0.0233. The molecule has 3 rings (SSSR count). The lowest BCUT2D eigenvalue weighted by Crippen LogP contribution is -2.36. The van der Waals surface area contributed by atoms with E-state index >= 15 is 0 Å². The first-order chi connectivity index (χ1) is 11.1. The molecule has 1 saturated heterocycles. The van der Waals surface area contributed by atoms with E-state index in [1.54, 1.807) is 4.57 Å². The maximum absolute atomic E-state index is 11.3. The first-order valence-electron chi connectivity index (χ1n) is 6.59. The van der Waals surface area contributed by atoms with Gasteiger partial charge in [0.2, 0.25) is 0 Å². The minimum atomic E-state index is -1.73. The van der Waals surface area contributed by atoms with Crippen molar-refractivity contribution in [3.8, 4) is 0 Å². The first kappa shape index (κ1) is 16.5. The number of nitrogens with two attached hydrogens (primary N) is 1. The molecular weight excluding hydrogens is 345 g/mol. The molecule has 0 amide bonds. The van der Waals surface area contributed by atoms with Crippen molar-refractivity contribution in [3.63, 3.8) is 0 Å². The van der Waals surface area contributed by atoms with E-state index in [0.717, 1.165) is 0 Å². The lowest BCUT2D eigenvalue weighted by atomic mass is 10.1. The number of aliphatic hydroxyl groups excluding tert-OH is 1. The summed E-state index contributed by atoms with van der Waals surface area (Å²) < 4.78 is 29.4. The molecule has 0 bridgehead atoms. The minimum absolute atomic E-state index is 0.244. The number of anilines is 1. The van der Waals surface area contributed by atoms with Crippen LogP contribution in [0.2, 0.25) is 0 Å². The fourth-order valence-corrected chi connectivity index (χ4v) is 3.37. The molecule has 0 spiro atoms. The van der Waals surface area contributed by atoms with Crippen molar-refractivity contribution in [3.05, 3.63) is 12.7 Å². The molecule has 1 aliphatic rings. The van der Waals surface area contributed by atoms with Gasteiger partial charge in [-0.1, -0.05) is 0 Å². The van der Waals surface area contributed by atoms with Crippen LogP contribution in [0.4, 0.5) is 5.82 Å². The van der Waals surface area contributed by atoms with E-state index < -0.39 is 34.8 Å². The van der Waals surface area contributed by atoms with E-state index in [0.29, 0.717) is 11.2 Å². The number of aromatic nitrogens is 4. The number of nitrogens with zero attached hydrogens (tertiary/aromatic N) is 4. The van der Waals surface area contributed by atoms with Gasteiger partial charge in [0.05, 0.1) is 19.0 Å². The van der Waals surface area contributed by atoms with Gasteiger partial charge in [0, 0.05) is 7.11 Å². The van der Waals surface area contributed by atoms with Crippen LogP contribution in [0.5, 0.6) is 0 Å². The number of nitrogen functional groups attached to an aromatic ring is 1. The summed E-state index contributed by atoms with van der Waals surface area (Å²) in [5.74, 6) is 0.244. The van der Waals surface area contributed by atoms with Crippen LogP contribution in [0.1, 0.15) is 6.23 Å². The van der Waals surface area contributed by atoms with Gasteiger partial charge in [-0.3, -0.25) is 4.57 Å². The summed E-state index contributed by atoms with van der Waals surface area (Å²) in [6, 6.07) is 0. The Kier molecular flexibility index (Phi) is 4.76.